The molecular weight excluding hydrogens is 360 g/mol. The van der Waals surface area contributed by atoms with Gasteiger partial charge in [-0.25, -0.2) is 4.79 Å². The third-order valence-electron chi connectivity index (χ3n) is 6.90. The van der Waals surface area contributed by atoms with Crippen molar-refractivity contribution in [1.29, 1.82) is 0 Å². The summed E-state index contributed by atoms with van der Waals surface area (Å²) in [5, 5.41) is 16.1. The third kappa shape index (κ3) is 3.66. The monoisotopic (exact) mass is 390 g/mol. The summed E-state index contributed by atoms with van der Waals surface area (Å²) in [7, 11) is 0. The van der Waals surface area contributed by atoms with Gasteiger partial charge in [0.1, 0.15) is 0 Å². The highest BCUT2D eigenvalue weighted by molar-refractivity contribution is 7.19. The van der Waals surface area contributed by atoms with Crippen LogP contribution in [0.1, 0.15) is 64.2 Å². The van der Waals surface area contributed by atoms with Gasteiger partial charge in [-0.05, 0) is 32.1 Å². The Hall–Kier alpha value is -1.41. The van der Waals surface area contributed by atoms with Crippen LogP contribution in [0.4, 0.5) is 15.1 Å². The molecule has 2 saturated carbocycles. The molecule has 0 aromatic carbocycles. The molecule has 5 rings (SSSR count). The molecule has 0 unspecified atom stereocenters. The van der Waals surface area contributed by atoms with Gasteiger partial charge in [0.15, 0.2) is 0 Å². The number of rotatable bonds is 4. The second-order valence-electron chi connectivity index (χ2n) is 8.65. The number of hydrogen-bond donors (Lipinski definition) is 2. The number of fused-ring (bicyclic) bond motifs is 2. The highest BCUT2D eigenvalue weighted by Gasteiger charge is 2.46. The molecule has 2 N–H and O–H groups in total. The molecule has 2 aliphatic heterocycles. The van der Waals surface area contributed by atoms with Gasteiger partial charge in [-0.1, -0.05) is 43.4 Å². The van der Waals surface area contributed by atoms with E-state index in [9.17, 15) is 4.79 Å². The fourth-order valence-corrected chi connectivity index (χ4v) is 6.38. The second-order valence-corrected chi connectivity index (χ2v) is 9.61. The Morgan fingerprint density at radius 3 is 2.44 bits per heavy atom. The van der Waals surface area contributed by atoms with Gasteiger partial charge in [0.2, 0.25) is 10.3 Å². The van der Waals surface area contributed by atoms with E-state index in [-0.39, 0.29) is 6.03 Å². The first-order valence-corrected chi connectivity index (χ1v) is 11.5. The lowest BCUT2D eigenvalue weighted by molar-refractivity contribution is 0.133. The van der Waals surface area contributed by atoms with Crippen molar-refractivity contribution in [2.75, 3.05) is 23.3 Å². The fraction of sp³-hybridized carbons (Fsp3) is 0.842. The van der Waals surface area contributed by atoms with Gasteiger partial charge in [-0.2, -0.15) is 0 Å². The number of nitrogens with zero attached hydrogens (tertiary/aromatic N) is 4. The van der Waals surface area contributed by atoms with E-state index in [4.69, 9.17) is 0 Å². The molecule has 0 radical (unpaired) electrons. The molecule has 148 valence electrons. The van der Waals surface area contributed by atoms with E-state index >= 15 is 0 Å². The van der Waals surface area contributed by atoms with Crippen molar-refractivity contribution in [2.24, 2.45) is 0 Å². The Bertz CT molecular complexity index is 669. The van der Waals surface area contributed by atoms with Crippen LogP contribution in [-0.4, -0.2) is 58.4 Å². The number of nitrogens with one attached hydrogen (secondary N) is 2. The predicted octanol–water partition coefficient (Wildman–Crippen LogP) is 3.20. The van der Waals surface area contributed by atoms with Gasteiger partial charge in [-0.15, -0.1) is 10.2 Å². The molecule has 1 aromatic heterocycles. The molecule has 3 heterocycles. The van der Waals surface area contributed by atoms with E-state index in [2.05, 4.69) is 30.6 Å². The molecule has 2 bridgehead atoms. The van der Waals surface area contributed by atoms with Gasteiger partial charge >= 0.3 is 6.03 Å². The van der Waals surface area contributed by atoms with E-state index in [1.54, 1.807) is 0 Å². The number of piperazine rings is 1. The summed E-state index contributed by atoms with van der Waals surface area (Å²) < 4.78 is 0. The zero-order chi connectivity index (χ0) is 18.2. The van der Waals surface area contributed by atoms with Crippen LogP contribution in [0.25, 0.3) is 0 Å². The lowest BCUT2D eigenvalue weighted by atomic mass is 9.93. The molecular formula is C19H30N6OS. The van der Waals surface area contributed by atoms with Crippen LogP contribution in [-0.2, 0) is 0 Å². The van der Waals surface area contributed by atoms with Crippen LogP contribution in [0.15, 0.2) is 0 Å². The minimum atomic E-state index is -0.143. The average Bonchev–Trinajstić information content (AvgIpc) is 3.46. The Labute approximate surface area is 164 Å². The van der Waals surface area contributed by atoms with Crippen LogP contribution in [0.2, 0.25) is 0 Å². The summed E-state index contributed by atoms with van der Waals surface area (Å²) in [6, 6.07) is 2.21. The number of anilines is 2. The quantitative estimate of drug-likeness (QED) is 0.826. The van der Waals surface area contributed by atoms with E-state index in [1.807, 2.05) is 0 Å². The maximum atomic E-state index is 12.1. The number of carbonyl (C=O) groups excluding carboxylic acids is 1. The normalized spacial score (nSPS) is 29.6. The Kier molecular flexibility index (Phi) is 4.94. The molecule has 0 spiro atoms. The summed E-state index contributed by atoms with van der Waals surface area (Å²) >= 11 is 1.51. The summed E-state index contributed by atoms with van der Waals surface area (Å²) in [6.07, 6.45) is 12.8. The zero-order valence-corrected chi connectivity index (χ0v) is 16.7. The number of hydrogen-bond acceptors (Lipinski definition) is 6. The van der Waals surface area contributed by atoms with Crippen molar-refractivity contribution in [1.82, 2.24) is 20.4 Å². The molecule has 4 aliphatic rings. The Morgan fingerprint density at radius 1 is 0.926 bits per heavy atom. The topological polar surface area (TPSA) is 73.4 Å². The second kappa shape index (κ2) is 7.54. The van der Waals surface area contributed by atoms with Crippen molar-refractivity contribution in [3.63, 3.8) is 0 Å². The van der Waals surface area contributed by atoms with E-state index in [0.29, 0.717) is 23.3 Å². The number of carbonyl (C=O) groups is 1. The molecule has 2 saturated heterocycles. The van der Waals surface area contributed by atoms with E-state index in [1.165, 1.54) is 69.2 Å². The fourth-order valence-electron chi connectivity index (χ4n) is 5.56. The molecule has 4 fully saturated rings. The standard InChI is InChI=1S/C19H30N6OS/c26-17(20-13-6-4-5-7-13)21-18-22-23-19(27-18)25-12-15-10-16(25)11-24(15)14-8-2-1-3-9-14/h13-16H,1-12H2,(H2,20,21,22,26)/t15-,16-/m0/s1. The average molecular weight is 391 g/mol. The first-order valence-electron chi connectivity index (χ1n) is 10.7. The van der Waals surface area contributed by atoms with Gasteiger partial charge in [0, 0.05) is 37.3 Å². The highest BCUT2D eigenvalue weighted by atomic mass is 32.1. The maximum absolute atomic E-state index is 12.1. The van der Waals surface area contributed by atoms with Crippen LogP contribution in [0, 0.1) is 0 Å². The molecule has 1 aromatic rings. The lowest BCUT2D eigenvalue weighted by Gasteiger charge is -2.40. The molecule has 8 heteroatoms. The van der Waals surface area contributed by atoms with Gasteiger partial charge in [-0.3, -0.25) is 10.2 Å². The molecule has 2 aliphatic carbocycles. The van der Waals surface area contributed by atoms with Crippen molar-refractivity contribution >= 4 is 27.6 Å². The van der Waals surface area contributed by atoms with Gasteiger partial charge in [0.25, 0.3) is 0 Å². The van der Waals surface area contributed by atoms with Crippen LogP contribution >= 0.6 is 11.3 Å². The molecule has 27 heavy (non-hydrogen) atoms. The summed E-state index contributed by atoms with van der Waals surface area (Å²) in [4.78, 5) is 17.3. The summed E-state index contributed by atoms with van der Waals surface area (Å²) in [5.41, 5.74) is 0. The third-order valence-corrected chi connectivity index (χ3v) is 7.77. The van der Waals surface area contributed by atoms with Crippen LogP contribution < -0.4 is 15.5 Å². The largest absolute Gasteiger partial charge is 0.341 e. The Balaban J connectivity index is 1.16. The first-order chi connectivity index (χ1) is 13.3. The first kappa shape index (κ1) is 17.7. The van der Waals surface area contributed by atoms with Crippen molar-refractivity contribution in [3.05, 3.63) is 0 Å². The smallest absolute Gasteiger partial charge is 0.321 e. The predicted molar refractivity (Wildman–Crippen MR) is 107 cm³/mol. The zero-order valence-electron chi connectivity index (χ0n) is 15.9. The minimum absolute atomic E-state index is 0.143. The highest BCUT2D eigenvalue weighted by Crippen LogP contribution is 2.39. The number of urea groups is 1. The van der Waals surface area contributed by atoms with Crippen molar-refractivity contribution in [3.8, 4) is 0 Å². The Morgan fingerprint density at radius 2 is 1.70 bits per heavy atom. The summed E-state index contributed by atoms with van der Waals surface area (Å²) in [6.45, 7) is 2.23. The minimum Gasteiger partial charge on any atom is -0.341 e. The van der Waals surface area contributed by atoms with Crippen molar-refractivity contribution < 1.29 is 4.79 Å². The molecule has 2 amide bonds. The number of likely N-dealkylation sites (tertiary alicyclic amines) is 1. The van der Waals surface area contributed by atoms with Gasteiger partial charge in [0.05, 0.1) is 0 Å². The van der Waals surface area contributed by atoms with Crippen LogP contribution in [0.3, 0.4) is 0 Å². The maximum Gasteiger partial charge on any atom is 0.321 e. The van der Waals surface area contributed by atoms with E-state index < -0.39 is 0 Å². The molecule has 2 atom stereocenters. The summed E-state index contributed by atoms with van der Waals surface area (Å²) in [5.74, 6) is 0. The number of amides is 2. The van der Waals surface area contributed by atoms with E-state index in [0.717, 1.165) is 30.6 Å². The SMILES string of the molecule is O=C(Nc1nnc(N2C[C@@H]3C[C@H]2CN3C2CCCCC2)s1)NC1CCCC1. The lowest BCUT2D eigenvalue weighted by Crippen LogP contribution is -2.50. The van der Waals surface area contributed by atoms with Gasteiger partial charge < -0.3 is 10.2 Å². The number of aromatic nitrogens is 2. The van der Waals surface area contributed by atoms with Crippen molar-refractivity contribution in [2.45, 2.75) is 88.4 Å². The molecule has 7 nitrogen and oxygen atoms in total. The van der Waals surface area contributed by atoms with Crippen LogP contribution in [0.5, 0.6) is 0 Å².